The van der Waals surface area contributed by atoms with E-state index in [1.165, 1.54) is 20.5 Å². The number of nitrogens with zero attached hydrogens (tertiary/aromatic N) is 4. The van der Waals surface area contributed by atoms with E-state index in [-0.39, 0.29) is 18.2 Å². The van der Waals surface area contributed by atoms with Crippen LogP contribution in [0, 0.1) is 0 Å². The molecule has 1 fully saturated rings. The quantitative estimate of drug-likeness (QED) is 0.615. The molecule has 0 atom stereocenters. The number of hydrogen-bond acceptors (Lipinski definition) is 7. The minimum absolute atomic E-state index is 0.161. The fraction of sp³-hybridized carbons (Fsp3) is 0.316. The first-order chi connectivity index (χ1) is 13.9. The molecule has 4 rings (SSSR count). The SMILES string of the molecule is CN(Cc1nc(-c2cccs2)no1)C(=O)c1ccc(N2CCCCS2(=O)=O)cc1. The number of hydrogen-bond donors (Lipinski definition) is 0. The topological polar surface area (TPSA) is 96.6 Å². The van der Waals surface area contributed by atoms with Crippen LogP contribution in [0.3, 0.4) is 0 Å². The predicted octanol–water partition coefficient (Wildman–Crippen LogP) is 3.00. The number of sulfonamides is 1. The number of rotatable bonds is 5. The lowest BCUT2D eigenvalue weighted by Gasteiger charge is -2.28. The molecular formula is C19H20N4O4S2. The van der Waals surface area contributed by atoms with Gasteiger partial charge in [-0.05, 0) is 48.6 Å². The minimum atomic E-state index is -3.27. The summed E-state index contributed by atoms with van der Waals surface area (Å²) in [5.41, 5.74) is 1.05. The smallest absolute Gasteiger partial charge is 0.254 e. The second kappa shape index (κ2) is 7.96. The molecule has 8 nitrogen and oxygen atoms in total. The number of anilines is 1. The van der Waals surface area contributed by atoms with Crippen molar-refractivity contribution in [2.24, 2.45) is 0 Å². The first-order valence-electron chi connectivity index (χ1n) is 9.16. The van der Waals surface area contributed by atoms with Gasteiger partial charge in [0, 0.05) is 19.2 Å². The normalized spacial score (nSPS) is 16.0. The summed E-state index contributed by atoms with van der Waals surface area (Å²) in [6.45, 7) is 0.652. The molecule has 1 aliphatic heterocycles. The number of aromatic nitrogens is 2. The molecule has 0 unspecified atom stereocenters. The van der Waals surface area contributed by atoms with Crippen LogP contribution in [0.4, 0.5) is 5.69 Å². The van der Waals surface area contributed by atoms with Crippen LogP contribution in [0.5, 0.6) is 0 Å². The summed E-state index contributed by atoms with van der Waals surface area (Å²) < 4.78 is 31.1. The van der Waals surface area contributed by atoms with Crippen molar-refractivity contribution in [2.45, 2.75) is 19.4 Å². The van der Waals surface area contributed by atoms with Crippen molar-refractivity contribution >= 4 is 33.0 Å². The molecule has 1 amide bonds. The molecule has 1 saturated heterocycles. The molecule has 2 aromatic heterocycles. The number of carbonyl (C=O) groups is 1. The highest BCUT2D eigenvalue weighted by molar-refractivity contribution is 7.92. The van der Waals surface area contributed by atoms with E-state index in [1.54, 1.807) is 31.3 Å². The Hall–Kier alpha value is -2.72. The van der Waals surface area contributed by atoms with Crippen molar-refractivity contribution in [3.8, 4) is 10.7 Å². The van der Waals surface area contributed by atoms with Gasteiger partial charge in [0.15, 0.2) is 0 Å². The fourth-order valence-electron chi connectivity index (χ4n) is 3.17. The Kier molecular flexibility index (Phi) is 5.37. The van der Waals surface area contributed by atoms with Gasteiger partial charge in [0.05, 0.1) is 22.9 Å². The molecule has 0 bridgehead atoms. The largest absolute Gasteiger partial charge is 0.337 e. The van der Waals surface area contributed by atoms with Gasteiger partial charge in [0.25, 0.3) is 5.91 Å². The predicted molar refractivity (Wildman–Crippen MR) is 110 cm³/mol. The van der Waals surface area contributed by atoms with Crippen LogP contribution >= 0.6 is 11.3 Å². The van der Waals surface area contributed by atoms with Crippen molar-refractivity contribution in [1.29, 1.82) is 0 Å². The Labute approximate surface area is 172 Å². The average Bonchev–Trinajstić information content (AvgIpc) is 3.39. The van der Waals surface area contributed by atoms with Crippen LogP contribution in [-0.4, -0.2) is 48.7 Å². The maximum absolute atomic E-state index is 12.7. The summed E-state index contributed by atoms with van der Waals surface area (Å²) in [4.78, 5) is 19.4. The van der Waals surface area contributed by atoms with Crippen LogP contribution in [-0.2, 0) is 16.6 Å². The zero-order chi connectivity index (χ0) is 20.4. The Morgan fingerprint density at radius 3 is 2.72 bits per heavy atom. The standard InChI is InChI=1S/C19H20N4O4S2/c1-22(13-17-20-18(21-27-17)16-5-4-11-28-16)19(24)14-6-8-15(9-7-14)23-10-2-3-12-29(23,25)26/h4-9,11H,2-3,10,12-13H2,1H3. The zero-order valence-corrected chi connectivity index (χ0v) is 17.4. The maximum Gasteiger partial charge on any atom is 0.254 e. The fourth-order valence-corrected chi connectivity index (χ4v) is 5.46. The van der Waals surface area contributed by atoms with Crippen LogP contribution < -0.4 is 4.31 Å². The third-order valence-electron chi connectivity index (χ3n) is 4.68. The zero-order valence-electron chi connectivity index (χ0n) is 15.8. The monoisotopic (exact) mass is 432 g/mol. The molecular weight excluding hydrogens is 412 g/mol. The molecule has 0 spiro atoms. The number of carbonyl (C=O) groups excluding carboxylic acids is 1. The van der Waals surface area contributed by atoms with Crippen molar-refractivity contribution < 1.29 is 17.7 Å². The molecule has 0 radical (unpaired) electrons. The first kappa shape index (κ1) is 19.6. The third-order valence-corrected chi connectivity index (χ3v) is 7.42. The van der Waals surface area contributed by atoms with Gasteiger partial charge in [-0.2, -0.15) is 4.98 Å². The highest BCUT2D eigenvalue weighted by Crippen LogP contribution is 2.24. The molecule has 1 aliphatic rings. The van der Waals surface area contributed by atoms with Gasteiger partial charge in [-0.1, -0.05) is 11.2 Å². The first-order valence-corrected chi connectivity index (χ1v) is 11.7. The lowest BCUT2D eigenvalue weighted by Crippen LogP contribution is -2.37. The lowest BCUT2D eigenvalue weighted by molar-refractivity contribution is 0.0769. The van der Waals surface area contributed by atoms with Gasteiger partial charge >= 0.3 is 0 Å². The molecule has 29 heavy (non-hydrogen) atoms. The Bertz CT molecular complexity index is 1090. The van der Waals surface area contributed by atoms with Gasteiger partial charge in [-0.3, -0.25) is 9.10 Å². The van der Waals surface area contributed by atoms with Gasteiger partial charge < -0.3 is 9.42 Å². The maximum atomic E-state index is 12.7. The number of thiophene rings is 1. The van der Waals surface area contributed by atoms with E-state index in [1.807, 2.05) is 17.5 Å². The van der Waals surface area contributed by atoms with Crippen LogP contribution in [0.15, 0.2) is 46.3 Å². The second-order valence-corrected chi connectivity index (χ2v) is 9.75. The van der Waals surface area contributed by atoms with Crippen molar-refractivity contribution in [2.75, 3.05) is 23.7 Å². The van der Waals surface area contributed by atoms with Gasteiger partial charge in [0.2, 0.25) is 21.7 Å². The summed E-state index contributed by atoms with van der Waals surface area (Å²) in [5, 5.41) is 5.88. The van der Waals surface area contributed by atoms with Gasteiger partial charge in [0.1, 0.15) is 0 Å². The van der Waals surface area contributed by atoms with Gasteiger partial charge in [-0.25, -0.2) is 8.42 Å². The van der Waals surface area contributed by atoms with Crippen molar-refractivity contribution in [3.63, 3.8) is 0 Å². The van der Waals surface area contributed by atoms with E-state index < -0.39 is 10.0 Å². The minimum Gasteiger partial charge on any atom is -0.337 e. The van der Waals surface area contributed by atoms with E-state index in [2.05, 4.69) is 10.1 Å². The second-order valence-electron chi connectivity index (χ2n) is 6.79. The third kappa shape index (κ3) is 4.18. The molecule has 152 valence electrons. The van der Waals surface area contributed by atoms with E-state index in [9.17, 15) is 13.2 Å². The highest BCUT2D eigenvalue weighted by atomic mass is 32.2. The van der Waals surface area contributed by atoms with E-state index in [4.69, 9.17) is 4.52 Å². The average molecular weight is 433 g/mol. The summed E-state index contributed by atoms with van der Waals surface area (Å²) in [5.74, 6) is 0.797. The van der Waals surface area contributed by atoms with Crippen molar-refractivity contribution in [3.05, 3.63) is 53.2 Å². The van der Waals surface area contributed by atoms with E-state index in [0.29, 0.717) is 35.9 Å². The van der Waals surface area contributed by atoms with Gasteiger partial charge in [-0.15, -0.1) is 11.3 Å². The Balaban J connectivity index is 1.44. The lowest BCUT2D eigenvalue weighted by atomic mass is 10.2. The summed E-state index contributed by atoms with van der Waals surface area (Å²) >= 11 is 1.51. The van der Waals surface area contributed by atoms with Crippen LogP contribution in [0.25, 0.3) is 10.7 Å². The van der Waals surface area contributed by atoms with Crippen LogP contribution in [0.2, 0.25) is 0 Å². The molecule has 0 saturated carbocycles. The van der Waals surface area contributed by atoms with Crippen molar-refractivity contribution in [1.82, 2.24) is 15.0 Å². The molecule has 0 aliphatic carbocycles. The molecule has 0 N–H and O–H groups in total. The van der Waals surface area contributed by atoms with E-state index >= 15 is 0 Å². The number of amides is 1. The Morgan fingerprint density at radius 1 is 1.24 bits per heavy atom. The Morgan fingerprint density at radius 2 is 2.03 bits per heavy atom. The number of benzene rings is 1. The molecule has 3 aromatic rings. The summed E-state index contributed by atoms with van der Waals surface area (Å²) in [6, 6.07) is 10.4. The van der Waals surface area contributed by atoms with Crippen LogP contribution in [0.1, 0.15) is 29.1 Å². The van der Waals surface area contributed by atoms with E-state index in [0.717, 1.165) is 11.3 Å². The molecule has 1 aromatic carbocycles. The highest BCUT2D eigenvalue weighted by Gasteiger charge is 2.26. The molecule has 10 heteroatoms. The summed E-state index contributed by atoms with van der Waals surface area (Å²) in [7, 11) is -1.62. The summed E-state index contributed by atoms with van der Waals surface area (Å²) in [6.07, 6.45) is 1.52. The molecule has 3 heterocycles.